The molecule has 0 bridgehead atoms. The largest absolute Gasteiger partial charge is 0.449 e. The molecule has 6 nitrogen and oxygen atoms in total. The minimum atomic E-state index is -0.595. The number of hydrogen-bond acceptors (Lipinski definition) is 4. The van der Waals surface area contributed by atoms with Gasteiger partial charge in [0, 0.05) is 11.2 Å². The molecule has 0 atom stereocenters. The highest BCUT2D eigenvalue weighted by molar-refractivity contribution is 5.31. The smallest absolute Gasteiger partial charge is 0.418 e. The van der Waals surface area contributed by atoms with Gasteiger partial charge in [0.15, 0.2) is 0 Å². The van der Waals surface area contributed by atoms with Crippen LogP contribution in [0.1, 0.15) is 0 Å². The maximum absolute atomic E-state index is 10.2. The number of ether oxygens (including phenoxy) is 1. The molecule has 0 aliphatic heterocycles. The van der Waals surface area contributed by atoms with Crippen LogP contribution in [0, 0.1) is 10.1 Å². The van der Waals surface area contributed by atoms with Gasteiger partial charge in [0.05, 0.1) is 7.11 Å². The first-order valence-corrected chi connectivity index (χ1v) is 3.09. The first-order valence-electron chi connectivity index (χ1n) is 3.09. The van der Waals surface area contributed by atoms with Crippen LogP contribution in [0.25, 0.3) is 6.20 Å². The summed E-state index contributed by atoms with van der Waals surface area (Å²) in [5.74, 6) is -0.258. The molecule has 0 saturated heterocycles. The van der Waals surface area contributed by atoms with Crippen LogP contribution in [0.5, 0.6) is 6.01 Å². The van der Waals surface area contributed by atoms with Gasteiger partial charge in [0.25, 0.3) is 0 Å². The van der Waals surface area contributed by atoms with Gasteiger partial charge in [-0.05, 0) is 4.92 Å². The van der Waals surface area contributed by atoms with E-state index >= 15 is 0 Å². The van der Waals surface area contributed by atoms with E-state index in [1.165, 1.54) is 24.1 Å². The molecule has 1 heterocycles. The molecule has 0 fully saturated rings. The third kappa shape index (κ3) is 1.26. The molecule has 1 rings (SSSR count). The van der Waals surface area contributed by atoms with Gasteiger partial charge in [-0.3, -0.25) is 0 Å². The Balaban J connectivity index is 3.13. The lowest BCUT2D eigenvalue weighted by molar-refractivity contribution is -0.389. The summed E-state index contributed by atoms with van der Waals surface area (Å²) in [4.78, 5) is 13.2. The molecule has 0 saturated carbocycles. The van der Waals surface area contributed by atoms with Crippen molar-refractivity contribution < 1.29 is 9.66 Å². The van der Waals surface area contributed by atoms with Gasteiger partial charge in [-0.2, -0.15) is 0 Å². The topological polar surface area (TPSA) is 70.2 Å². The summed E-state index contributed by atoms with van der Waals surface area (Å²) in [5, 5.41) is 10.2. The van der Waals surface area contributed by atoms with Crippen molar-refractivity contribution in [2.45, 2.75) is 0 Å². The Morgan fingerprint density at radius 3 is 2.92 bits per heavy atom. The summed E-state index contributed by atoms with van der Waals surface area (Å²) in [6.45, 7) is 3.43. The summed E-state index contributed by atoms with van der Waals surface area (Å²) in [5.41, 5.74) is 0. The van der Waals surface area contributed by atoms with E-state index in [-0.39, 0.29) is 11.8 Å². The van der Waals surface area contributed by atoms with E-state index in [1.54, 1.807) is 0 Å². The minimum absolute atomic E-state index is 0.150. The molecule has 0 unspecified atom stereocenters. The van der Waals surface area contributed by atoms with E-state index in [0.717, 1.165) is 0 Å². The molecule has 6 heteroatoms. The van der Waals surface area contributed by atoms with Gasteiger partial charge in [0.1, 0.15) is 6.20 Å². The predicted molar refractivity (Wildman–Crippen MR) is 41.8 cm³/mol. The second-order valence-electron chi connectivity index (χ2n) is 1.93. The Morgan fingerprint density at radius 1 is 1.92 bits per heavy atom. The van der Waals surface area contributed by atoms with Crippen LogP contribution in [-0.4, -0.2) is 21.6 Å². The van der Waals surface area contributed by atoms with Crippen molar-refractivity contribution in [3.8, 4) is 6.01 Å². The van der Waals surface area contributed by atoms with Crippen molar-refractivity contribution in [1.29, 1.82) is 0 Å². The Bertz CT molecular complexity index is 318. The van der Waals surface area contributed by atoms with Crippen LogP contribution in [0.15, 0.2) is 12.8 Å². The van der Waals surface area contributed by atoms with Crippen LogP contribution >= 0.6 is 0 Å². The SMILES string of the molecule is C=Cn1cc([N+](=O)[O-])nc1OC. The first kappa shape index (κ1) is 8.25. The van der Waals surface area contributed by atoms with Gasteiger partial charge in [-0.1, -0.05) is 6.58 Å². The van der Waals surface area contributed by atoms with Crippen LogP contribution in [0.4, 0.5) is 5.82 Å². The lowest BCUT2D eigenvalue weighted by Gasteiger charge is -1.91. The summed E-state index contributed by atoms with van der Waals surface area (Å²) >= 11 is 0. The van der Waals surface area contributed by atoms with Crippen molar-refractivity contribution in [2.24, 2.45) is 0 Å². The standard InChI is InChI=1S/C6H7N3O3/c1-3-8-4-5(9(10)11)7-6(8)12-2/h3-4H,1H2,2H3. The molecule has 0 aliphatic carbocycles. The summed E-state index contributed by atoms with van der Waals surface area (Å²) < 4.78 is 6.07. The number of hydrogen-bond donors (Lipinski definition) is 0. The molecule has 0 amide bonds. The molecule has 0 spiro atoms. The molecular formula is C6H7N3O3. The van der Waals surface area contributed by atoms with Crippen LogP contribution in [-0.2, 0) is 0 Å². The molecule has 0 radical (unpaired) electrons. The van der Waals surface area contributed by atoms with E-state index in [1.807, 2.05) is 0 Å². The quantitative estimate of drug-likeness (QED) is 0.497. The summed E-state index contributed by atoms with van der Waals surface area (Å²) in [6.07, 6.45) is 2.60. The fourth-order valence-electron chi connectivity index (χ4n) is 0.734. The monoisotopic (exact) mass is 169 g/mol. The van der Waals surface area contributed by atoms with Crippen molar-refractivity contribution in [3.05, 3.63) is 22.9 Å². The second-order valence-corrected chi connectivity index (χ2v) is 1.93. The van der Waals surface area contributed by atoms with E-state index in [2.05, 4.69) is 11.6 Å². The third-order valence-electron chi connectivity index (χ3n) is 1.25. The molecule has 0 aromatic carbocycles. The van der Waals surface area contributed by atoms with Crippen molar-refractivity contribution in [1.82, 2.24) is 9.55 Å². The van der Waals surface area contributed by atoms with E-state index in [4.69, 9.17) is 4.74 Å². The van der Waals surface area contributed by atoms with Crippen LogP contribution in [0.3, 0.4) is 0 Å². The lowest BCUT2D eigenvalue weighted by Crippen LogP contribution is -1.91. The predicted octanol–water partition coefficient (Wildman–Crippen LogP) is 0.900. The Hall–Kier alpha value is -1.85. The van der Waals surface area contributed by atoms with Gasteiger partial charge in [0.2, 0.25) is 0 Å². The number of aromatic nitrogens is 2. The molecule has 0 N–H and O–H groups in total. The van der Waals surface area contributed by atoms with Crippen molar-refractivity contribution in [3.63, 3.8) is 0 Å². The molecule has 1 aromatic rings. The van der Waals surface area contributed by atoms with Crippen molar-refractivity contribution in [2.75, 3.05) is 7.11 Å². The molecule has 0 aliphatic rings. The zero-order valence-electron chi connectivity index (χ0n) is 6.43. The number of nitro groups is 1. The fraction of sp³-hybridized carbons (Fsp3) is 0.167. The Kier molecular flexibility index (Phi) is 2.09. The molecule has 64 valence electrons. The fourth-order valence-corrected chi connectivity index (χ4v) is 0.734. The highest BCUT2D eigenvalue weighted by Gasteiger charge is 2.17. The summed E-state index contributed by atoms with van der Waals surface area (Å²) in [7, 11) is 1.38. The van der Waals surface area contributed by atoms with E-state index < -0.39 is 4.92 Å². The van der Waals surface area contributed by atoms with Crippen LogP contribution < -0.4 is 4.74 Å². The van der Waals surface area contributed by atoms with Gasteiger partial charge in [-0.15, -0.1) is 0 Å². The zero-order valence-corrected chi connectivity index (χ0v) is 6.43. The highest BCUT2D eigenvalue weighted by atomic mass is 16.6. The average molecular weight is 169 g/mol. The molecule has 1 aromatic heterocycles. The number of imidazole rings is 1. The number of rotatable bonds is 3. The first-order chi connectivity index (χ1) is 5.69. The van der Waals surface area contributed by atoms with Crippen molar-refractivity contribution >= 4 is 12.0 Å². The number of nitrogens with zero attached hydrogens (tertiary/aromatic N) is 3. The highest BCUT2D eigenvalue weighted by Crippen LogP contribution is 2.16. The van der Waals surface area contributed by atoms with Gasteiger partial charge in [-0.25, -0.2) is 4.57 Å². The molecule has 12 heavy (non-hydrogen) atoms. The maximum Gasteiger partial charge on any atom is 0.418 e. The van der Waals surface area contributed by atoms with Gasteiger partial charge >= 0.3 is 11.8 Å². The zero-order chi connectivity index (χ0) is 9.14. The van der Waals surface area contributed by atoms with E-state index in [9.17, 15) is 10.1 Å². The maximum atomic E-state index is 10.2. The van der Waals surface area contributed by atoms with Crippen LogP contribution in [0.2, 0.25) is 0 Å². The average Bonchev–Trinajstić information content (AvgIpc) is 2.46. The number of methoxy groups -OCH3 is 1. The minimum Gasteiger partial charge on any atom is -0.449 e. The summed E-state index contributed by atoms with van der Waals surface area (Å²) in [6, 6.07) is 0.150. The van der Waals surface area contributed by atoms with E-state index in [0.29, 0.717) is 0 Å². The molecular weight excluding hydrogens is 162 g/mol. The Morgan fingerprint density at radius 2 is 2.58 bits per heavy atom. The normalized spacial score (nSPS) is 9.42. The Labute approximate surface area is 68.2 Å². The second kappa shape index (κ2) is 3.04. The third-order valence-corrected chi connectivity index (χ3v) is 1.25. The van der Waals surface area contributed by atoms with Gasteiger partial charge < -0.3 is 14.9 Å². The lowest BCUT2D eigenvalue weighted by atomic mass is 10.8.